The Bertz CT molecular complexity index is 1180. The van der Waals surface area contributed by atoms with Gasteiger partial charge in [0.05, 0.1) is 24.1 Å². The minimum Gasteiger partial charge on any atom is -0.490 e. The SMILES string of the molecule is CCNC(=O)C[C@@H]1CC[C@H]2[C@@H](COc3ccc(NC(=O)c4ccc5c(c4)OCO5)cc3C(=O)N2C)O1. The summed E-state index contributed by atoms with van der Waals surface area (Å²) in [5, 5.41) is 5.64. The van der Waals surface area contributed by atoms with Gasteiger partial charge in [0.25, 0.3) is 11.8 Å². The predicted octanol–water partition coefficient (Wildman–Crippen LogP) is 2.57. The van der Waals surface area contributed by atoms with E-state index in [1.807, 2.05) is 6.92 Å². The molecule has 0 bridgehead atoms. The average molecular weight is 496 g/mol. The van der Waals surface area contributed by atoms with Crippen molar-refractivity contribution in [1.82, 2.24) is 10.2 Å². The van der Waals surface area contributed by atoms with Gasteiger partial charge in [-0.25, -0.2) is 0 Å². The van der Waals surface area contributed by atoms with E-state index < -0.39 is 0 Å². The van der Waals surface area contributed by atoms with Crippen LogP contribution in [0, 0.1) is 0 Å². The highest BCUT2D eigenvalue weighted by Crippen LogP contribution is 2.34. The van der Waals surface area contributed by atoms with Gasteiger partial charge >= 0.3 is 0 Å². The first-order valence-electron chi connectivity index (χ1n) is 12.1. The van der Waals surface area contributed by atoms with Crippen molar-refractivity contribution in [1.29, 1.82) is 0 Å². The van der Waals surface area contributed by atoms with E-state index in [0.29, 0.717) is 53.4 Å². The molecule has 0 aromatic heterocycles. The third-order valence-corrected chi connectivity index (χ3v) is 6.69. The van der Waals surface area contributed by atoms with Crippen LogP contribution in [0.1, 0.15) is 46.9 Å². The lowest BCUT2D eigenvalue weighted by Crippen LogP contribution is -2.54. The lowest BCUT2D eigenvalue weighted by molar-refractivity contribution is -0.133. The number of benzene rings is 2. The lowest BCUT2D eigenvalue weighted by atomic mass is 9.94. The summed E-state index contributed by atoms with van der Waals surface area (Å²) in [6, 6.07) is 9.77. The smallest absolute Gasteiger partial charge is 0.257 e. The molecule has 1 fully saturated rings. The molecule has 3 amide bonds. The number of nitrogens with zero attached hydrogens (tertiary/aromatic N) is 1. The van der Waals surface area contributed by atoms with Gasteiger partial charge in [-0.05, 0) is 56.2 Å². The van der Waals surface area contributed by atoms with E-state index in [1.165, 1.54) is 0 Å². The van der Waals surface area contributed by atoms with Gasteiger partial charge in [-0.15, -0.1) is 0 Å². The van der Waals surface area contributed by atoms with Gasteiger partial charge in [-0.1, -0.05) is 0 Å². The number of carbonyl (C=O) groups excluding carboxylic acids is 3. The van der Waals surface area contributed by atoms with Crippen LogP contribution in [-0.4, -0.2) is 67.9 Å². The maximum Gasteiger partial charge on any atom is 0.257 e. The molecular weight excluding hydrogens is 466 g/mol. The van der Waals surface area contributed by atoms with Crippen molar-refractivity contribution in [2.75, 3.05) is 32.3 Å². The molecule has 0 spiro atoms. The van der Waals surface area contributed by atoms with Crippen LogP contribution in [0.3, 0.4) is 0 Å². The van der Waals surface area contributed by atoms with Crippen LogP contribution >= 0.6 is 0 Å². The number of nitrogens with one attached hydrogen (secondary N) is 2. The molecule has 3 heterocycles. The maximum atomic E-state index is 13.4. The Kier molecular flexibility index (Phi) is 6.69. The lowest BCUT2D eigenvalue weighted by Gasteiger charge is -2.42. The zero-order chi connectivity index (χ0) is 25.2. The molecule has 10 nitrogen and oxygen atoms in total. The molecule has 10 heteroatoms. The van der Waals surface area contributed by atoms with Gasteiger partial charge < -0.3 is 34.5 Å². The van der Waals surface area contributed by atoms with E-state index in [0.717, 1.165) is 0 Å². The monoisotopic (exact) mass is 495 g/mol. The largest absolute Gasteiger partial charge is 0.490 e. The normalized spacial score (nSPS) is 22.4. The first kappa shape index (κ1) is 23.9. The second kappa shape index (κ2) is 10.1. The fraction of sp³-hybridized carbons (Fsp3) is 0.423. The van der Waals surface area contributed by atoms with Gasteiger partial charge in [0.1, 0.15) is 18.5 Å². The minimum absolute atomic E-state index is 0.0437. The summed E-state index contributed by atoms with van der Waals surface area (Å²) in [4.78, 5) is 39.9. The van der Waals surface area contributed by atoms with Crippen LogP contribution in [0.2, 0.25) is 0 Å². The minimum atomic E-state index is -0.342. The molecule has 3 aliphatic rings. The van der Waals surface area contributed by atoms with E-state index in [9.17, 15) is 14.4 Å². The summed E-state index contributed by atoms with van der Waals surface area (Å²) >= 11 is 0. The average Bonchev–Trinajstić information content (AvgIpc) is 3.35. The van der Waals surface area contributed by atoms with Crippen molar-refractivity contribution >= 4 is 23.4 Å². The van der Waals surface area contributed by atoms with Gasteiger partial charge in [0.2, 0.25) is 12.7 Å². The zero-order valence-electron chi connectivity index (χ0n) is 20.2. The quantitative estimate of drug-likeness (QED) is 0.655. The number of anilines is 1. The Morgan fingerprint density at radius 1 is 1.03 bits per heavy atom. The van der Waals surface area contributed by atoms with Crippen molar-refractivity contribution in [2.24, 2.45) is 0 Å². The fourth-order valence-electron chi connectivity index (χ4n) is 4.82. The first-order chi connectivity index (χ1) is 17.4. The second-order valence-electron chi connectivity index (χ2n) is 9.06. The van der Waals surface area contributed by atoms with Gasteiger partial charge in [0, 0.05) is 24.8 Å². The third kappa shape index (κ3) is 4.81. The molecule has 2 aromatic rings. The molecule has 36 heavy (non-hydrogen) atoms. The summed E-state index contributed by atoms with van der Waals surface area (Å²) in [6.45, 7) is 2.84. The fourth-order valence-corrected chi connectivity index (χ4v) is 4.82. The molecule has 0 aliphatic carbocycles. The van der Waals surface area contributed by atoms with Gasteiger partial charge in [0.15, 0.2) is 11.5 Å². The first-order valence-corrected chi connectivity index (χ1v) is 12.1. The summed E-state index contributed by atoms with van der Waals surface area (Å²) in [5.74, 6) is 0.936. The Morgan fingerprint density at radius 2 is 1.83 bits per heavy atom. The summed E-state index contributed by atoms with van der Waals surface area (Å²) in [7, 11) is 1.75. The number of hydrogen-bond donors (Lipinski definition) is 2. The van der Waals surface area contributed by atoms with Crippen LogP contribution < -0.4 is 24.8 Å². The molecule has 0 unspecified atom stereocenters. The number of carbonyl (C=O) groups is 3. The molecular formula is C26H29N3O7. The van der Waals surface area contributed by atoms with Gasteiger partial charge in [-0.3, -0.25) is 14.4 Å². The number of rotatable bonds is 5. The summed E-state index contributed by atoms with van der Waals surface area (Å²) < 4.78 is 22.8. The van der Waals surface area contributed by atoms with E-state index >= 15 is 0 Å². The maximum absolute atomic E-state index is 13.4. The molecule has 190 valence electrons. The second-order valence-corrected chi connectivity index (χ2v) is 9.06. The zero-order valence-corrected chi connectivity index (χ0v) is 20.2. The van der Waals surface area contributed by atoms with Crippen LogP contribution in [0.25, 0.3) is 0 Å². The molecule has 2 aromatic carbocycles. The van der Waals surface area contributed by atoms with Crippen LogP contribution in [0.4, 0.5) is 5.69 Å². The van der Waals surface area contributed by atoms with Crippen molar-refractivity contribution in [2.45, 2.75) is 44.4 Å². The summed E-state index contributed by atoms with van der Waals surface area (Å²) in [6.07, 6.45) is 1.12. The Hall–Kier alpha value is -3.79. The van der Waals surface area contributed by atoms with Crippen LogP contribution in [-0.2, 0) is 9.53 Å². The third-order valence-electron chi connectivity index (χ3n) is 6.69. The molecule has 0 saturated carbocycles. The number of likely N-dealkylation sites (N-methyl/N-ethyl adjacent to an activating group) is 1. The van der Waals surface area contributed by atoms with Crippen LogP contribution in [0.15, 0.2) is 36.4 Å². The van der Waals surface area contributed by atoms with Crippen LogP contribution in [0.5, 0.6) is 17.2 Å². The van der Waals surface area contributed by atoms with Crippen molar-refractivity contribution < 1.29 is 33.3 Å². The number of hydrogen-bond acceptors (Lipinski definition) is 7. The molecule has 1 saturated heterocycles. The topological polar surface area (TPSA) is 115 Å². The Morgan fingerprint density at radius 3 is 2.67 bits per heavy atom. The Labute approximate surface area is 208 Å². The molecule has 3 aliphatic heterocycles. The number of amides is 3. The molecule has 0 radical (unpaired) electrons. The highest BCUT2D eigenvalue weighted by Gasteiger charge is 2.39. The molecule has 5 rings (SSSR count). The van der Waals surface area contributed by atoms with Crippen molar-refractivity contribution in [3.05, 3.63) is 47.5 Å². The standard InChI is InChI=1S/C26H29N3O7/c1-3-27-24(30)12-17-6-7-19-23(36-17)13-33-20-9-5-16(11-18(20)26(32)29(19)2)28-25(31)15-4-8-21-22(10-15)35-14-34-21/h4-5,8-11,17,19,23H,3,6-7,12-14H2,1-2H3,(H,27,30)(H,28,31)/t17-,19-,23+/m0/s1. The predicted molar refractivity (Wildman–Crippen MR) is 130 cm³/mol. The number of ether oxygens (including phenoxy) is 4. The molecule has 3 atom stereocenters. The molecule has 2 N–H and O–H groups in total. The Balaban J connectivity index is 1.30. The van der Waals surface area contributed by atoms with E-state index in [1.54, 1.807) is 48.3 Å². The summed E-state index contributed by atoms with van der Waals surface area (Å²) in [5.41, 5.74) is 1.25. The van der Waals surface area contributed by atoms with Crippen molar-refractivity contribution in [3.8, 4) is 17.2 Å². The van der Waals surface area contributed by atoms with E-state index in [4.69, 9.17) is 18.9 Å². The van der Waals surface area contributed by atoms with Gasteiger partial charge in [-0.2, -0.15) is 0 Å². The number of fused-ring (bicyclic) bond motifs is 3. The van der Waals surface area contributed by atoms with E-state index in [2.05, 4.69) is 10.6 Å². The highest BCUT2D eigenvalue weighted by atomic mass is 16.7. The van der Waals surface area contributed by atoms with Crippen molar-refractivity contribution in [3.63, 3.8) is 0 Å². The highest BCUT2D eigenvalue weighted by molar-refractivity contribution is 6.06. The van der Waals surface area contributed by atoms with E-state index in [-0.39, 0.29) is 55.8 Å².